The van der Waals surface area contributed by atoms with E-state index in [-0.39, 0.29) is 23.3 Å². The number of likely N-dealkylation sites (tertiary alicyclic amines) is 1. The van der Waals surface area contributed by atoms with E-state index in [1.54, 1.807) is 17.8 Å². The summed E-state index contributed by atoms with van der Waals surface area (Å²) in [5, 5.41) is 20.5. The van der Waals surface area contributed by atoms with Gasteiger partial charge >= 0.3 is 6.09 Å². The van der Waals surface area contributed by atoms with Crippen molar-refractivity contribution in [2.75, 3.05) is 13.1 Å². The van der Waals surface area contributed by atoms with Gasteiger partial charge in [0.1, 0.15) is 10.3 Å². The molecule has 12 heteroatoms. The molecule has 140 valence electrons. The lowest BCUT2D eigenvalue weighted by molar-refractivity contribution is 0.0829. The third-order valence-electron chi connectivity index (χ3n) is 4.27. The van der Waals surface area contributed by atoms with Crippen LogP contribution in [0.1, 0.15) is 28.6 Å². The molecule has 2 atom stereocenters. The number of hydrogen-bond acceptors (Lipinski definition) is 4. The molecule has 1 aliphatic heterocycles. The van der Waals surface area contributed by atoms with Crippen LogP contribution < -0.4 is 5.32 Å². The Morgan fingerprint density at radius 3 is 2.69 bits per heavy atom. The zero-order chi connectivity index (χ0) is 19.0. The van der Waals surface area contributed by atoms with Crippen LogP contribution in [0.5, 0.6) is 0 Å². The Kier molecular flexibility index (Phi) is 5.44. The van der Waals surface area contributed by atoms with E-state index in [2.05, 4.69) is 36.5 Å². The average molecular weight is 466 g/mol. The van der Waals surface area contributed by atoms with Crippen molar-refractivity contribution in [3.8, 4) is 0 Å². The van der Waals surface area contributed by atoms with Crippen LogP contribution in [0.15, 0.2) is 10.8 Å². The van der Waals surface area contributed by atoms with Gasteiger partial charge in [-0.2, -0.15) is 0 Å². The van der Waals surface area contributed by atoms with Gasteiger partial charge in [0.05, 0.1) is 28.3 Å². The zero-order valence-electron chi connectivity index (χ0n) is 13.5. The summed E-state index contributed by atoms with van der Waals surface area (Å²) in [5.74, 6) is -0.414. The highest BCUT2D eigenvalue weighted by molar-refractivity contribution is 9.10. The molecule has 2 amide bonds. The number of carboxylic acid groups (broad SMARTS) is 1. The Morgan fingerprint density at radius 1 is 1.42 bits per heavy atom. The number of halogens is 3. The van der Waals surface area contributed by atoms with Gasteiger partial charge in [-0.3, -0.25) is 4.79 Å². The Morgan fingerprint density at radius 2 is 2.15 bits per heavy atom. The van der Waals surface area contributed by atoms with Crippen LogP contribution in [0.3, 0.4) is 0 Å². The lowest BCUT2D eigenvalue weighted by Gasteiger charge is -2.37. The summed E-state index contributed by atoms with van der Waals surface area (Å²) in [6.07, 6.45) is 1.04. The third kappa shape index (κ3) is 3.67. The molecule has 0 bridgehead atoms. The number of nitrogens with one attached hydrogen (secondary N) is 2. The molecule has 0 aliphatic carbocycles. The van der Waals surface area contributed by atoms with E-state index < -0.39 is 18.0 Å². The number of aromatic amines is 1. The fraction of sp³-hybridized carbons (Fsp3) is 0.429. The van der Waals surface area contributed by atoms with Gasteiger partial charge in [0.2, 0.25) is 0 Å². The number of nitrogens with zero attached hydrogens (tertiary/aromatic N) is 4. The Bertz CT molecular complexity index is 854. The molecule has 0 spiro atoms. The largest absolute Gasteiger partial charge is 0.465 e. The summed E-state index contributed by atoms with van der Waals surface area (Å²) >= 11 is 15.3. The fourth-order valence-corrected chi connectivity index (χ4v) is 3.62. The molecule has 1 fully saturated rings. The Balaban J connectivity index is 1.83. The fourth-order valence-electron chi connectivity index (χ4n) is 2.93. The molecular weight excluding hydrogens is 451 g/mol. The summed E-state index contributed by atoms with van der Waals surface area (Å²) < 4.78 is 2.06. The summed E-state index contributed by atoms with van der Waals surface area (Å²) in [4.78, 5) is 28.1. The van der Waals surface area contributed by atoms with Crippen LogP contribution in [0.4, 0.5) is 4.79 Å². The topological polar surface area (TPSA) is 116 Å². The minimum absolute atomic E-state index is 0.157. The molecule has 3 N–H and O–H groups in total. The number of piperidine rings is 1. The molecule has 2 aromatic rings. The van der Waals surface area contributed by atoms with E-state index in [0.29, 0.717) is 28.3 Å². The number of carbonyl (C=O) groups excluding carboxylic acids is 1. The van der Waals surface area contributed by atoms with Crippen molar-refractivity contribution < 1.29 is 14.7 Å². The smallest absolute Gasteiger partial charge is 0.407 e. The number of carbonyl (C=O) groups is 2. The van der Waals surface area contributed by atoms with Crippen LogP contribution in [0.25, 0.3) is 0 Å². The summed E-state index contributed by atoms with van der Waals surface area (Å²) in [5.41, 5.74) is 0.771. The summed E-state index contributed by atoms with van der Waals surface area (Å²) in [7, 11) is 0. The van der Waals surface area contributed by atoms with Gasteiger partial charge in [0, 0.05) is 18.8 Å². The lowest BCUT2D eigenvalue weighted by Crippen LogP contribution is -2.53. The highest BCUT2D eigenvalue weighted by Gasteiger charge is 2.35. The van der Waals surface area contributed by atoms with Crippen molar-refractivity contribution in [3.63, 3.8) is 0 Å². The van der Waals surface area contributed by atoms with Gasteiger partial charge in [-0.25, -0.2) is 9.48 Å². The molecular formula is C14H15BrCl2N6O3. The highest BCUT2D eigenvalue weighted by atomic mass is 79.9. The quantitative estimate of drug-likeness (QED) is 0.644. The number of aryl methyl sites for hydroxylation is 1. The number of aromatic nitrogens is 4. The van der Waals surface area contributed by atoms with E-state index in [1.165, 1.54) is 4.90 Å². The lowest BCUT2D eigenvalue weighted by atomic mass is 9.99. The van der Waals surface area contributed by atoms with Gasteiger partial charge in [0.15, 0.2) is 0 Å². The molecule has 9 nitrogen and oxygen atoms in total. The number of rotatable bonds is 3. The second kappa shape index (κ2) is 7.45. The second-order valence-electron chi connectivity index (χ2n) is 5.94. The van der Waals surface area contributed by atoms with Crippen molar-refractivity contribution >= 4 is 51.1 Å². The normalized spacial score (nSPS) is 20.2. The first-order valence-corrected chi connectivity index (χ1v) is 9.22. The monoisotopic (exact) mass is 464 g/mol. The average Bonchev–Trinajstić information content (AvgIpc) is 3.14. The van der Waals surface area contributed by atoms with Gasteiger partial charge in [-0.1, -0.05) is 28.4 Å². The highest BCUT2D eigenvalue weighted by Crippen LogP contribution is 2.30. The molecule has 26 heavy (non-hydrogen) atoms. The maximum absolute atomic E-state index is 12.6. The molecule has 0 radical (unpaired) electrons. The van der Waals surface area contributed by atoms with E-state index in [1.807, 2.05) is 0 Å². The minimum atomic E-state index is -1.02. The predicted molar refractivity (Wildman–Crippen MR) is 97.8 cm³/mol. The molecule has 1 aliphatic rings. The summed E-state index contributed by atoms with van der Waals surface area (Å²) in [6.45, 7) is 2.19. The first kappa shape index (κ1) is 19.0. The number of hydrogen-bond donors (Lipinski definition) is 3. The van der Waals surface area contributed by atoms with Crippen LogP contribution in [0.2, 0.25) is 10.0 Å². The number of amides is 2. The Labute approximate surface area is 166 Å². The van der Waals surface area contributed by atoms with Gasteiger partial charge in [0.25, 0.3) is 5.91 Å². The third-order valence-corrected chi connectivity index (χ3v) is 5.58. The zero-order valence-corrected chi connectivity index (χ0v) is 16.6. The van der Waals surface area contributed by atoms with Crippen LogP contribution in [-0.4, -0.2) is 61.1 Å². The number of H-pyrrole nitrogens is 1. The van der Waals surface area contributed by atoms with Crippen LogP contribution in [-0.2, 0) is 0 Å². The first-order chi connectivity index (χ1) is 12.3. The van der Waals surface area contributed by atoms with E-state index in [9.17, 15) is 14.7 Å². The second-order valence-corrected chi connectivity index (χ2v) is 7.51. The van der Waals surface area contributed by atoms with Crippen molar-refractivity contribution in [3.05, 3.63) is 32.2 Å². The van der Waals surface area contributed by atoms with Crippen LogP contribution in [0, 0.1) is 6.92 Å². The van der Waals surface area contributed by atoms with Gasteiger partial charge in [-0.05, 0) is 29.3 Å². The molecule has 1 saturated heterocycles. The minimum Gasteiger partial charge on any atom is -0.465 e. The molecule has 2 aromatic heterocycles. The van der Waals surface area contributed by atoms with Crippen molar-refractivity contribution in [1.29, 1.82) is 0 Å². The summed E-state index contributed by atoms with van der Waals surface area (Å²) in [6, 6.07) is -0.766. The molecule has 3 rings (SSSR count). The van der Waals surface area contributed by atoms with Crippen molar-refractivity contribution in [1.82, 2.24) is 30.2 Å². The SMILES string of the molecule is Cc1[nH]c(C(=O)N[C@@H]2CCN(C(=O)O)C[C@@H]2n2cc(Br)nn2)c(Cl)c1Cl. The van der Waals surface area contributed by atoms with Crippen molar-refractivity contribution in [2.45, 2.75) is 25.4 Å². The molecule has 0 saturated carbocycles. The van der Waals surface area contributed by atoms with E-state index in [4.69, 9.17) is 23.2 Å². The molecule has 0 aromatic carbocycles. The maximum Gasteiger partial charge on any atom is 0.407 e. The molecule has 0 unspecified atom stereocenters. The standard InChI is InChI=1S/C14H15BrCl2N6O3/c1-6-10(16)11(17)12(18-6)13(24)19-7-2-3-22(14(25)26)4-8(7)23-5-9(15)20-21-23/h5,7-8,18H,2-4H2,1H3,(H,19,24)(H,25,26)/t7-,8+/m1/s1. The van der Waals surface area contributed by atoms with Crippen molar-refractivity contribution in [2.24, 2.45) is 0 Å². The van der Waals surface area contributed by atoms with E-state index in [0.717, 1.165) is 0 Å². The maximum atomic E-state index is 12.6. The van der Waals surface area contributed by atoms with E-state index >= 15 is 0 Å². The Hall–Kier alpha value is -1.78. The first-order valence-electron chi connectivity index (χ1n) is 7.67. The predicted octanol–water partition coefficient (Wildman–Crippen LogP) is 2.71. The van der Waals surface area contributed by atoms with Gasteiger partial charge < -0.3 is 20.3 Å². The molecule has 3 heterocycles. The van der Waals surface area contributed by atoms with Gasteiger partial charge in [-0.15, -0.1) is 5.10 Å². The van der Waals surface area contributed by atoms with Crippen LogP contribution >= 0.6 is 39.1 Å².